The summed E-state index contributed by atoms with van der Waals surface area (Å²) in [6.07, 6.45) is 2.34. The third-order valence-electron chi connectivity index (χ3n) is 2.91. The van der Waals surface area contributed by atoms with Crippen molar-refractivity contribution in [2.24, 2.45) is 0 Å². The Kier molecular flexibility index (Phi) is 5.03. The number of likely N-dealkylation sites (N-methyl/N-ethyl adjacent to an activating group) is 1. The summed E-state index contributed by atoms with van der Waals surface area (Å²) in [7, 11) is 1.46. The summed E-state index contributed by atoms with van der Waals surface area (Å²) in [6, 6.07) is -0.960. The average molecular weight is 253 g/mol. The Morgan fingerprint density at radius 1 is 1.61 bits per heavy atom. The van der Waals surface area contributed by atoms with Crippen LogP contribution in [-0.2, 0) is 14.4 Å². The van der Waals surface area contributed by atoms with Gasteiger partial charge < -0.3 is 5.32 Å². The molecule has 0 saturated carbocycles. The Morgan fingerprint density at radius 3 is 2.89 bits per heavy atom. The molecule has 3 amide bonds. The lowest BCUT2D eigenvalue weighted by atomic mass is 10.0. The molecule has 1 aliphatic heterocycles. The van der Waals surface area contributed by atoms with Crippen LogP contribution in [0.5, 0.6) is 0 Å². The Morgan fingerprint density at radius 2 is 2.28 bits per heavy atom. The molecular weight excluding hydrogens is 234 g/mol. The van der Waals surface area contributed by atoms with E-state index in [-0.39, 0.29) is 17.7 Å². The van der Waals surface area contributed by atoms with Gasteiger partial charge in [0.1, 0.15) is 0 Å². The first-order valence-corrected chi connectivity index (χ1v) is 5.92. The normalized spacial score (nSPS) is 21.7. The van der Waals surface area contributed by atoms with Crippen LogP contribution in [-0.4, -0.2) is 48.3 Å². The number of nitrogens with one attached hydrogen (secondary N) is 2. The maximum atomic E-state index is 11.8. The van der Waals surface area contributed by atoms with E-state index in [1.54, 1.807) is 13.0 Å². The maximum Gasteiger partial charge on any atom is 0.246 e. The van der Waals surface area contributed by atoms with Gasteiger partial charge in [-0.25, -0.2) is 0 Å². The lowest BCUT2D eigenvalue weighted by Crippen LogP contribution is -2.56. The zero-order chi connectivity index (χ0) is 13.7. The van der Waals surface area contributed by atoms with Gasteiger partial charge in [0.15, 0.2) is 0 Å². The Balaban J connectivity index is 2.51. The Bertz CT molecular complexity index is 368. The lowest BCUT2D eigenvalue weighted by Gasteiger charge is -2.30. The van der Waals surface area contributed by atoms with Crippen LogP contribution >= 0.6 is 0 Å². The number of hydrogen-bond donors (Lipinski definition) is 2. The van der Waals surface area contributed by atoms with Crippen molar-refractivity contribution in [3.05, 3.63) is 12.7 Å². The molecule has 0 aromatic carbocycles. The molecule has 0 aromatic heterocycles. The third kappa shape index (κ3) is 3.40. The van der Waals surface area contributed by atoms with Gasteiger partial charge in [-0.05, 0) is 13.3 Å². The molecule has 1 aliphatic rings. The summed E-state index contributed by atoms with van der Waals surface area (Å²) in [4.78, 5) is 35.8. The molecule has 0 aliphatic carbocycles. The molecule has 2 unspecified atom stereocenters. The molecule has 0 bridgehead atoms. The number of carbonyl (C=O) groups excluding carboxylic acids is 3. The van der Waals surface area contributed by atoms with Crippen LogP contribution in [0.15, 0.2) is 12.7 Å². The summed E-state index contributed by atoms with van der Waals surface area (Å²) in [6.45, 7) is 5.58. The number of nitrogens with zero attached hydrogens (tertiary/aromatic N) is 1. The van der Waals surface area contributed by atoms with Crippen LogP contribution in [0.1, 0.15) is 19.8 Å². The molecule has 2 atom stereocenters. The molecule has 0 spiro atoms. The number of amides is 3. The fraction of sp³-hybridized carbons (Fsp3) is 0.583. The lowest BCUT2D eigenvalue weighted by molar-refractivity contribution is -0.148. The van der Waals surface area contributed by atoms with E-state index in [1.165, 1.54) is 7.05 Å². The van der Waals surface area contributed by atoms with Crippen LogP contribution in [0.25, 0.3) is 0 Å². The molecule has 0 aromatic rings. The van der Waals surface area contributed by atoms with E-state index < -0.39 is 12.1 Å². The van der Waals surface area contributed by atoms with Crippen molar-refractivity contribution in [2.75, 3.05) is 13.6 Å². The summed E-state index contributed by atoms with van der Waals surface area (Å²) in [5.41, 5.74) is 0. The molecule has 2 N–H and O–H groups in total. The fourth-order valence-electron chi connectivity index (χ4n) is 1.77. The SMILES string of the molecule is C=CCNC(=O)C(C)NC1CCC(=O)N(C)C1=O. The van der Waals surface area contributed by atoms with Gasteiger partial charge in [0.2, 0.25) is 17.7 Å². The van der Waals surface area contributed by atoms with Gasteiger partial charge in [-0.3, -0.25) is 24.6 Å². The second-order valence-corrected chi connectivity index (χ2v) is 4.30. The quantitative estimate of drug-likeness (QED) is 0.507. The number of likely N-dealkylation sites (tertiary alicyclic amines) is 1. The first-order valence-electron chi connectivity index (χ1n) is 5.92. The molecule has 1 fully saturated rings. The summed E-state index contributed by atoms with van der Waals surface area (Å²) in [5, 5.41) is 5.58. The highest BCUT2D eigenvalue weighted by Crippen LogP contribution is 2.11. The first kappa shape index (κ1) is 14.4. The Labute approximate surface area is 106 Å². The van der Waals surface area contributed by atoms with E-state index in [2.05, 4.69) is 17.2 Å². The predicted molar refractivity (Wildman–Crippen MR) is 66.6 cm³/mol. The second-order valence-electron chi connectivity index (χ2n) is 4.30. The summed E-state index contributed by atoms with van der Waals surface area (Å²) in [5.74, 6) is -0.654. The predicted octanol–water partition coefficient (Wildman–Crippen LogP) is -0.586. The molecule has 6 heteroatoms. The highest BCUT2D eigenvalue weighted by atomic mass is 16.2. The minimum Gasteiger partial charge on any atom is -0.351 e. The second kappa shape index (κ2) is 6.30. The molecule has 1 rings (SSSR count). The number of hydrogen-bond acceptors (Lipinski definition) is 4. The number of piperidine rings is 1. The minimum atomic E-state index is -0.486. The van der Waals surface area contributed by atoms with Crippen molar-refractivity contribution in [2.45, 2.75) is 31.8 Å². The van der Waals surface area contributed by atoms with E-state index in [9.17, 15) is 14.4 Å². The third-order valence-corrected chi connectivity index (χ3v) is 2.91. The van der Waals surface area contributed by atoms with Crippen LogP contribution in [0.4, 0.5) is 0 Å². The van der Waals surface area contributed by atoms with Gasteiger partial charge in [0.25, 0.3) is 0 Å². The van der Waals surface area contributed by atoms with Gasteiger partial charge in [-0.15, -0.1) is 6.58 Å². The van der Waals surface area contributed by atoms with Gasteiger partial charge >= 0.3 is 0 Å². The van der Waals surface area contributed by atoms with E-state index in [0.29, 0.717) is 19.4 Å². The Hall–Kier alpha value is -1.69. The van der Waals surface area contributed by atoms with E-state index >= 15 is 0 Å². The van der Waals surface area contributed by atoms with Crippen molar-refractivity contribution in [1.29, 1.82) is 0 Å². The van der Waals surface area contributed by atoms with E-state index in [4.69, 9.17) is 0 Å². The zero-order valence-electron chi connectivity index (χ0n) is 10.7. The monoisotopic (exact) mass is 253 g/mol. The van der Waals surface area contributed by atoms with Crippen LogP contribution < -0.4 is 10.6 Å². The first-order chi connectivity index (χ1) is 8.47. The molecular formula is C12H19N3O3. The number of rotatable bonds is 5. The highest BCUT2D eigenvalue weighted by Gasteiger charge is 2.33. The van der Waals surface area contributed by atoms with Crippen molar-refractivity contribution < 1.29 is 14.4 Å². The smallest absolute Gasteiger partial charge is 0.246 e. The van der Waals surface area contributed by atoms with Crippen LogP contribution in [0.2, 0.25) is 0 Å². The molecule has 1 heterocycles. The standard InChI is InChI=1S/C12H19N3O3/c1-4-7-13-11(17)8(2)14-9-5-6-10(16)15(3)12(9)18/h4,8-9,14H,1,5-7H2,2-3H3,(H,13,17). The molecule has 6 nitrogen and oxygen atoms in total. The number of carbonyl (C=O) groups is 3. The molecule has 1 saturated heterocycles. The van der Waals surface area contributed by atoms with E-state index in [1.807, 2.05) is 0 Å². The van der Waals surface area contributed by atoms with Gasteiger partial charge in [0.05, 0.1) is 12.1 Å². The van der Waals surface area contributed by atoms with Crippen molar-refractivity contribution in [3.8, 4) is 0 Å². The van der Waals surface area contributed by atoms with Crippen molar-refractivity contribution in [1.82, 2.24) is 15.5 Å². The molecule has 0 radical (unpaired) electrons. The van der Waals surface area contributed by atoms with Gasteiger partial charge in [0, 0.05) is 20.0 Å². The van der Waals surface area contributed by atoms with E-state index in [0.717, 1.165) is 4.90 Å². The van der Waals surface area contributed by atoms with Gasteiger partial charge in [-0.1, -0.05) is 6.08 Å². The van der Waals surface area contributed by atoms with Crippen molar-refractivity contribution >= 4 is 17.7 Å². The van der Waals surface area contributed by atoms with Crippen LogP contribution in [0.3, 0.4) is 0 Å². The summed E-state index contributed by atoms with van der Waals surface area (Å²) < 4.78 is 0. The maximum absolute atomic E-state index is 11.8. The molecule has 100 valence electrons. The largest absolute Gasteiger partial charge is 0.351 e. The minimum absolute atomic E-state index is 0.179. The number of imide groups is 1. The highest BCUT2D eigenvalue weighted by molar-refractivity contribution is 6.00. The fourth-order valence-corrected chi connectivity index (χ4v) is 1.77. The summed E-state index contributed by atoms with van der Waals surface area (Å²) >= 11 is 0. The van der Waals surface area contributed by atoms with Crippen LogP contribution in [0, 0.1) is 0 Å². The van der Waals surface area contributed by atoms with Crippen molar-refractivity contribution in [3.63, 3.8) is 0 Å². The van der Waals surface area contributed by atoms with Gasteiger partial charge in [-0.2, -0.15) is 0 Å². The molecule has 18 heavy (non-hydrogen) atoms. The average Bonchev–Trinajstić information content (AvgIpc) is 2.36. The topological polar surface area (TPSA) is 78.5 Å². The zero-order valence-corrected chi connectivity index (χ0v) is 10.7.